The molecule has 3 aromatic rings. The van der Waals surface area contributed by atoms with E-state index in [0.717, 1.165) is 16.1 Å². The van der Waals surface area contributed by atoms with Crippen molar-refractivity contribution < 1.29 is 23.5 Å². The smallest absolute Gasteiger partial charge is 0.354 e. The third-order valence-corrected chi connectivity index (χ3v) is 4.33. The average molecular weight is 431 g/mol. The Balaban J connectivity index is 1.94. The third kappa shape index (κ3) is 4.17. The normalized spacial score (nSPS) is 11.3. The molecule has 0 aliphatic carbocycles. The van der Waals surface area contributed by atoms with Crippen molar-refractivity contribution in [2.45, 2.75) is 0 Å². The van der Waals surface area contributed by atoms with E-state index in [4.69, 9.17) is 4.42 Å². The molecule has 0 spiro atoms. The number of ether oxygens (including phenoxy) is 2. The summed E-state index contributed by atoms with van der Waals surface area (Å²) in [7, 11) is 2.44. The zero-order valence-electron chi connectivity index (χ0n) is 14.5. The summed E-state index contributed by atoms with van der Waals surface area (Å²) < 4.78 is 15.9. The van der Waals surface area contributed by atoms with Crippen LogP contribution in [-0.4, -0.2) is 31.1 Å². The molecule has 27 heavy (non-hydrogen) atoms. The second-order valence-corrected chi connectivity index (χ2v) is 6.23. The number of methoxy groups -OCH3 is 2. The van der Waals surface area contributed by atoms with Gasteiger partial charge in [-0.1, -0.05) is 12.1 Å². The van der Waals surface area contributed by atoms with Gasteiger partial charge in [-0.15, -0.1) is 0 Å². The van der Waals surface area contributed by atoms with Crippen LogP contribution in [0.15, 0.2) is 63.1 Å². The van der Waals surface area contributed by atoms with Crippen LogP contribution in [0, 0.1) is 0 Å². The lowest BCUT2D eigenvalue weighted by atomic mass is 10.2. The lowest BCUT2D eigenvalue weighted by Gasteiger charge is -2.08. The molecule has 8 heteroatoms. The molecule has 0 saturated carbocycles. The lowest BCUT2D eigenvalue weighted by Crippen LogP contribution is -2.15. The number of oxazole rings is 1. The summed E-state index contributed by atoms with van der Waals surface area (Å²) in [5.41, 5.74) is 2.48. The molecular weight excluding hydrogens is 416 g/mol. The molecule has 0 fully saturated rings. The van der Waals surface area contributed by atoms with Gasteiger partial charge in [0.25, 0.3) is 0 Å². The number of esters is 2. The Morgan fingerprint density at radius 2 is 1.93 bits per heavy atom. The SMILES string of the molecule is COC(=O)/C=C(/Nc1ccc2oc(-c3ccccc3Br)nc2c1)C(=O)OC. The van der Waals surface area contributed by atoms with Crippen molar-refractivity contribution in [3.05, 3.63) is 58.7 Å². The van der Waals surface area contributed by atoms with Gasteiger partial charge in [0.1, 0.15) is 11.2 Å². The first-order valence-electron chi connectivity index (χ1n) is 7.82. The largest absolute Gasteiger partial charge is 0.466 e. The van der Waals surface area contributed by atoms with E-state index in [0.29, 0.717) is 22.7 Å². The van der Waals surface area contributed by atoms with E-state index >= 15 is 0 Å². The fourth-order valence-corrected chi connectivity index (χ4v) is 2.80. The van der Waals surface area contributed by atoms with Gasteiger partial charge in [-0.3, -0.25) is 0 Å². The molecule has 138 valence electrons. The monoisotopic (exact) mass is 430 g/mol. The number of hydrogen-bond acceptors (Lipinski definition) is 7. The van der Waals surface area contributed by atoms with E-state index in [1.54, 1.807) is 18.2 Å². The van der Waals surface area contributed by atoms with Gasteiger partial charge in [0.2, 0.25) is 5.89 Å². The molecule has 0 saturated heterocycles. The number of fused-ring (bicyclic) bond motifs is 1. The van der Waals surface area contributed by atoms with Gasteiger partial charge in [0.15, 0.2) is 5.58 Å². The zero-order chi connectivity index (χ0) is 19.4. The molecule has 0 aliphatic rings. The van der Waals surface area contributed by atoms with Gasteiger partial charge in [-0.25, -0.2) is 14.6 Å². The first kappa shape index (κ1) is 18.7. The average Bonchev–Trinajstić information content (AvgIpc) is 3.10. The first-order valence-corrected chi connectivity index (χ1v) is 8.61. The highest BCUT2D eigenvalue weighted by Crippen LogP contribution is 2.31. The minimum atomic E-state index is -0.699. The van der Waals surface area contributed by atoms with Crippen LogP contribution in [0.3, 0.4) is 0 Å². The lowest BCUT2D eigenvalue weighted by molar-refractivity contribution is -0.138. The number of carbonyl (C=O) groups is 2. The van der Waals surface area contributed by atoms with Crippen molar-refractivity contribution in [1.82, 2.24) is 4.98 Å². The second kappa shape index (κ2) is 8.05. The van der Waals surface area contributed by atoms with Crippen LogP contribution >= 0.6 is 15.9 Å². The number of anilines is 1. The van der Waals surface area contributed by atoms with E-state index in [2.05, 4.69) is 35.7 Å². The Hall–Kier alpha value is -3.13. The maximum atomic E-state index is 11.9. The third-order valence-electron chi connectivity index (χ3n) is 3.64. The molecule has 1 N–H and O–H groups in total. The number of halogens is 1. The Bertz CT molecular complexity index is 1040. The highest BCUT2D eigenvalue weighted by atomic mass is 79.9. The Morgan fingerprint density at radius 1 is 1.15 bits per heavy atom. The van der Waals surface area contributed by atoms with Crippen molar-refractivity contribution in [3.8, 4) is 11.5 Å². The number of carbonyl (C=O) groups excluding carboxylic acids is 2. The fraction of sp³-hybridized carbons (Fsp3) is 0.105. The van der Waals surface area contributed by atoms with Gasteiger partial charge in [-0.05, 0) is 46.3 Å². The molecule has 0 unspecified atom stereocenters. The molecule has 1 heterocycles. The molecule has 2 aromatic carbocycles. The van der Waals surface area contributed by atoms with E-state index in [1.165, 1.54) is 14.2 Å². The first-order chi connectivity index (χ1) is 13.0. The van der Waals surface area contributed by atoms with Crippen LogP contribution in [-0.2, 0) is 19.1 Å². The van der Waals surface area contributed by atoms with Gasteiger partial charge >= 0.3 is 11.9 Å². The summed E-state index contributed by atoms with van der Waals surface area (Å²) in [6.45, 7) is 0. The number of nitrogens with zero attached hydrogens (tertiary/aromatic N) is 1. The predicted octanol–water partition coefficient (Wildman–Crippen LogP) is 3.90. The van der Waals surface area contributed by atoms with Crippen molar-refractivity contribution in [1.29, 1.82) is 0 Å². The maximum Gasteiger partial charge on any atom is 0.354 e. The van der Waals surface area contributed by atoms with Crippen LogP contribution in [0.2, 0.25) is 0 Å². The van der Waals surface area contributed by atoms with Crippen molar-refractivity contribution >= 4 is 44.7 Å². The molecule has 0 radical (unpaired) electrons. The quantitative estimate of drug-likeness (QED) is 0.484. The molecular formula is C19H15BrN2O5. The Morgan fingerprint density at radius 3 is 2.63 bits per heavy atom. The highest BCUT2D eigenvalue weighted by molar-refractivity contribution is 9.10. The van der Waals surface area contributed by atoms with Crippen LogP contribution in [0.1, 0.15) is 0 Å². The molecule has 7 nitrogen and oxygen atoms in total. The molecule has 0 amide bonds. The van der Waals surface area contributed by atoms with E-state index < -0.39 is 11.9 Å². The highest BCUT2D eigenvalue weighted by Gasteiger charge is 2.15. The Labute approximate surface area is 163 Å². The number of benzene rings is 2. The number of rotatable bonds is 5. The van der Waals surface area contributed by atoms with Crippen LogP contribution in [0.4, 0.5) is 5.69 Å². The van der Waals surface area contributed by atoms with E-state index in [1.807, 2.05) is 24.3 Å². The number of aromatic nitrogens is 1. The summed E-state index contributed by atoms with van der Waals surface area (Å²) in [6, 6.07) is 12.7. The summed E-state index contributed by atoms with van der Waals surface area (Å²) in [5, 5.41) is 2.84. The van der Waals surface area contributed by atoms with E-state index in [-0.39, 0.29) is 5.70 Å². The Kier molecular flexibility index (Phi) is 5.56. The minimum absolute atomic E-state index is 0.0572. The number of hydrogen-bond donors (Lipinski definition) is 1. The van der Waals surface area contributed by atoms with Gasteiger partial charge < -0.3 is 19.2 Å². The van der Waals surface area contributed by atoms with Crippen molar-refractivity contribution in [2.75, 3.05) is 19.5 Å². The molecule has 3 rings (SSSR count). The van der Waals surface area contributed by atoms with Crippen LogP contribution in [0.25, 0.3) is 22.6 Å². The molecule has 0 aliphatic heterocycles. The maximum absolute atomic E-state index is 11.9. The standard InChI is InChI=1S/C19H15BrN2O5/c1-25-17(23)10-15(19(24)26-2)21-11-7-8-16-14(9-11)22-18(27-16)12-5-3-4-6-13(12)20/h3-10,21H,1-2H3/b15-10+. The summed E-state index contributed by atoms with van der Waals surface area (Å²) in [4.78, 5) is 27.8. The number of nitrogens with one attached hydrogen (secondary N) is 1. The van der Waals surface area contributed by atoms with E-state index in [9.17, 15) is 9.59 Å². The van der Waals surface area contributed by atoms with Gasteiger partial charge in [0.05, 0.1) is 25.9 Å². The summed E-state index contributed by atoms with van der Waals surface area (Å²) in [5.74, 6) is -0.913. The fourth-order valence-electron chi connectivity index (χ4n) is 2.34. The van der Waals surface area contributed by atoms with Crippen molar-refractivity contribution in [2.24, 2.45) is 0 Å². The van der Waals surface area contributed by atoms with Crippen molar-refractivity contribution in [3.63, 3.8) is 0 Å². The summed E-state index contributed by atoms with van der Waals surface area (Å²) in [6.07, 6.45) is 1.02. The van der Waals surface area contributed by atoms with Gasteiger partial charge in [-0.2, -0.15) is 0 Å². The molecule has 0 atom stereocenters. The van der Waals surface area contributed by atoms with Gasteiger partial charge in [0, 0.05) is 10.2 Å². The topological polar surface area (TPSA) is 90.7 Å². The summed E-state index contributed by atoms with van der Waals surface area (Å²) >= 11 is 3.48. The van der Waals surface area contributed by atoms with Crippen LogP contribution < -0.4 is 5.32 Å². The predicted molar refractivity (Wildman–Crippen MR) is 103 cm³/mol. The minimum Gasteiger partial charge on any atom is -0.466 e. The molecule has 0 bridgehead atoms. The molecule has 1 aromatic heterocycles. The zero-order valence-corrected chi connectivity index (χ0v) is 16.1. The van der Waals surface area contributed by atoms with Crippen LogP contribution in [0.5, 0.6) is 0 Å². The second-order valence-electron chi connectivity index (χ2n) is 5.38.